The van der Waals surface area contributed by atoms with Gasteiger partial charge in [-0.05, 0) is 37.3 Å². The lowest BCUT2D eigenvalue weighted by Crippen LogP contribution is -2.01. The number of hydrogen-bond donors (Lipinski definition) is 0. The van der Waals surface area contributed by atoms with E-state index in [0.717, 1.165) is 5.56 Å². The summed E-state index contributed by atoms with van der Waals surface area (Å²) in [6.45, 7) is 1.66. The van der Waals surface area contributed by atoms with E-state index in [1.165, 1.54) is 10.8 Å². The zero-order valence-electron chi connectivity index (χ0n) is 13.9. The standard InChI is InChI=1S/C17H14Cl2N4O3/c1-10-13(16(19)23(2)22-10)7-8-15(24)25-9-14-20-21-17(26-14)11-3-5-12(18)6-4-11/h3-8H,9H2,1-2H3/b8-7+. The third-order valence-corrected chi connectivity index (χ3v) is 4.18. The van der Waals surface area contributed by atoms with Crippen molar-refractivity contribution in [3.8, 4) is 11.5 Å². The first-order valence-corrected chi connectivity index (χ1v) is 8.32. The minimum Gasteiger partial charge on any atom is -0.452 e. The van der Waals surface area contributed by atoms with Gasteiger partial charge in [0.1, 0.15) is 5.15 Å². The molecule has 3 aromatic rings. The van der Waals surface area contributed by atoms with Gasteiger partial charge in [-0.1, -0.05) is 23.2 Å². The van der Waals surface area contributed by atoms with Crippen LogP contribution in [0.3, 0.4) is 0 Å². The molecule has 0 aliphatic heterocycles. The second kappa shape index (κ2) is 7.72. The fourth-order valence-electron chi connectivity index (χ4n) is 2.19. The van der Waals surface area contributed by atoms with Gasteiger partial charge in [-0.2, -0.15) is 5.10 Å². The van der Waals surface area contributed by atoms with Crippen molar-refractivity contribution in [3.05, 3.63) is 57.7 Å². The zero-order valence-corrected chi connectivity index (χ0v) is 15.5. The van der Waals surface area contributed by atoms with Crippen molar-refractivity contribution in [1.82, 2.24) is 20.0 Å². The van der Waals surface area contributed by atoms with Crippen LogP contribution in [-0.2, 0) is 23.2 Å². The van der Waals surface area contributed by atoms with Gasteiger partial charge < -0.3 is 9.15 Å². The summed E-state index contributed by atoms with van der Waals surface area (Å²) < 4.78 is 12.1. The number of nitrogens with zero attached hydrogens (tertiary/aromatic N) is 4. The average molecular weight is 393 g/mol. The highest BCUT2D eigenvalue weighted by Crippen LogP contribution is 2.21. The van der Waals surface area contributed by atoms with Gasteiger partial charge in [0.2, 0.25) is 5.89 Å². The normalized spacial score (nSPS) is 11.2. The van der Waals surface area contributed by atoms with Crippen LogP contribution >= 0.6 is 23.2 Å². The number of carbonyl (C=O) groups is 1. The Balaban J connectivity index is 1.60. The van der Waals surface area contributed by atoms with Crippen LogP contribution < -0.4 is 0 Å². The molecule has 7 nitrogen and oxygen atoms in total. The van der Waals surface area contributed by atoms with Gasteiger partial charge in [-0.3, -0.25) is 4.68 Å². The van der Waals surface area contributed by atoms with Gasteiger partial charge in [0.25, 0.3) is 5.89 Å². The molecule has 0 amide bonds. The van der Waals surface area contributed by atoms with E-state index in [-0.39, 0.29) is 12.5 Å². The van der Waals surface area contributed by atoms with Gasteiger partial charge in [0.05, 0.1) is 5.69 Å². The number of ether oxygens (including phenoxy) is 1. The number of esters is 1. The summed E-state index contributed by atoms with van der Waals surface area (Å²) in [7, 11) is 1.72. The highest BCUT2D eigenvalue weighted by molar-refractivity contribution is 6.31. The Morgan fingerprint density at radius 1 is 1.27 bits per heavy atom. The number of hydrogen-bond acceptors (Lipinski definition) is 6. The van der Waals surface area contributed by atoms with Crippen molar-refractivity contribution in [2.24, 2.45) is 7.05 Å². The second-order valence-electron chi connectivity index (χ2n) is 5.36. The Morgan fingerprint density at radius 3 is 2.65 bits per heavy atom. The lowest BCUT2D eigenvalue weighted by molar-refractivity contribution is -0.139. The molecule has 1 aromatic carbocycles. The van der Waals surface area contributed by atoms with Crippen LogP contribution in [0.2, 0.25) is 10.2 Å². The predicted molar refractivity (Wildman–Crippen MR) is 96.5 cm³/mol. The van der Waals surface area contributed by atoms with E-state index in [4.69, 9.17) is 32.4 Å². The molecule has 134 valence electrons. The van der Waals surface area contributed by atoms with Crippen molar-refractivity contribution >= 4 is 35.2 Å². The lowest BCUT2D eigenvalue weighted by atomic mass is 10.2. The molecule has 2 aromatic heterocycles. The zero-order chi connectivity index (χ0) is 18.7. The van der Waals surface area contributed by atoms with Crippen molar-refractivity contribution in [1.29, 1.82) is 0 Å². The number of carbonyl (C=O) groups excluding carboxylic acids is 1. The molecule has 0 aliphatic rings. The fraction of sp³-hybridized carbons (Fsp3) is 0.176. The van der Waals surface area contributed by atoms with Crippen LogP contribution in [-0.4, -0.2) is 25.9 Å². The summed E-state index contributed by atoms with van der Waals surface area (Å²) in [6.07, 6.45) is 2.83. The van der Waals surface area contributed by atoms with Crippen LogP contribution in [0, 0.1) is 6.92 Å². The van der Waals surface area contributed by atoms with Crippen molar-refractivity contribution < 1.29 is 13.9 Å². The van der Waals surface area contributed by atoms with Crippen molar-refractivity contribution in [2.75, 3.05) is 0 Å². The molecule has 0 saturated carbocycles. The number of aryl methyl sites for hydroxylation is 2. The van der Waals surface area contributed by atoms with Crippen LogP contribution in [0.25, 0.3) is 17.5 Å². The number of halogens is 2. The molecule has 0 saturated heterocycles. The third-order valence-electron chi connectivity index (χ3n) is 3.48. The molecule has 2 heterocycles. The Hall–Kier alpha value is -2.64. The maximum atomic E-state index is 11.8. The Labute approximate surface area is 159 Å². The Kier molecular flexibility index (Phi) is 5.39. The van der Waals surface area contributed by atoms with E-state index < -0.39 is 5.97 Å². The molecule has 0 radical (unpaired) electrons. The third kappa shape index (κ3) is 4.12. The molecule has 0 atom stereocenters. The van der Waals surface area contributed by atoms with Gasteiger partial charge in [-0.15, -0.1) is 10.2 Å². The summed E-state index contributed by atoms with van der Waals surface area (Å²) >= 11 is 11.9. The highest BCUT2D eigenvalue weighted by Gasteiger charge is 2.11. The van der Waals surface area contributed by atoms with Gasteiger partial charge in [0.15, 0.2) is 6.61 Å². The van der Waals surface area contributed by atoms with Crippen LogP contribution in [0.15, 0.2) is 34.8 Å². The Morgan fingerprint density at radius 2 is 2.00 bits per heavy atom. The average Bonchev–Trinajstić information content (AvgIpc) is 3.18. The number of rotatable bonds is 5. The summed E-state index contributed by atoms with van der Waals surface area (Å²) in [5, 5.41) is 13.0. The molecule has 0 aliphatic carbocycles. The van der Waals surface area contributed by atoms with Gasteiger partial charge in [-0.25, -0.2) is 4.79 Å². The Bertz CT molecular complexity index is 961. The van der Waals surface area contributed by atoms with Crippen molar-refractivity contribution in [2.45, 2.75) is 13.5 Å². The van der Waals surface area contributed by atoms with Crippen LogP contribution in [0.4, 0.5) is 0 Å². The monoisotopic (exact) mass is 392 g/mol. The van der Waals surface area contributed by atoms with Gasteiger partial charge in [0, 0.05) is 29.3 Å². The first-order chi connectivity index (χ1) is 12.4. The molecule has 0 N–H and O–H groups in total. The fourth-order valence-corrected chi connectivity index (χ4v) is 2.55. The van der Waals surface area contributed by atoms with Crippen LogP contribution in [0.1, 0.15) is 17.1 Å². The van der Waals surface area contributed by atoms with E-state index in [9.17, 15) is 4.79 Å². The molecular weight excluding hydrogens is 379 g/mol. The minimum atomic E-state index is -0.560. The van der Waals surface area contributed by atoms with Crippen LogP contribution in [0.5, 0.6) is 0 Å². The van der Waals surface area contributed by atoms with E-state index in [2.05, 4.69) is 15.3 Å². The largest absolute Gasteiger partial charge is 0.452 e. The number of benzene rings is 1. The van der Waals surface area contributed by atoms with Gasteiger partial charge >= 0.3 is 5.97 Å². The molecule has 26 heavy (non-hydrogen) atoms. The summed E-state index contributed by atoms with van der Waals surface area (Å²) in [4.78, 5) is 11.8. The lowest BCUT2D eigenvalue weighted by Gasteiger charge is -1.98. The molecule has 9 heteroatoms. The molecule has 3 rings (SSSR count). The van der Waals surface area contributed by atoms with E-state index >= 15 is 0 Å². The summed E-state index contributed by atoms with van der Waals surface area (Å²) in [5.74, 6) is -0.0520. The smallest absolute Gasteiger partial charge is 0.331 e. The highest BCUT2D eigenvalue weighted by atomic mass is 35.5. The SMILES string of the molecule is Cc1nn(C)c(Cl)c1/C=C/C(=O)OCc1nnc(-c2ccc(Cl)cc2)o1. The minimum absolute atomic E-state index is 0.135. The predicted octanol–water partition coefficient (Wildman–Crippen LogP) is 3.84. The number of aromatic nitrogens is 4. The molecule has 0 bridgehead atoms. The summed E-state index contributed by atoms with van der Waals surface area (Å²) in [5.41, 5.74) is 2.10. The second-order valence-corrected chi connectivity index (χ2v) is 6.16. The summed E-state index contributed by atoms with van der Waals surface area (Å²) in [6, 6.07) is 6.96. The molecular formula is C17H14Cl2N4O3. The van der Waals surface area contributed by atoms with E-state index in [1.807, 2.05) is 0 Å². The molecule has 0 unspecified atom stereocenters. The first kappa shape index (κ1) is 18.2. The van der Waals surface area contributed by atoms with E-state index in [0.29, 0.717) is 27.3 Å². The molecule has 0 fully saturated rings. The maximum Gasteiger partial charge on any atom is 0.331 e. The first-order valence-electron chi connectivity index (χ1n) is 7.56. The maximum absolute atomic E-state index is 11.8. The van der Waals surface area contributed by atoms with Crippen molar-refractivity contribution in [3.63, 3.8) is 0 Å². The van der Waals surface area contributed by atoms with E-state index in [1.54, 1.807) is 44.3 Å². The quantitative estimate of drug-likeness (QED) is 0.484. The molecule has 0 spiro atoms. The topological polar surface area (TPSA) is 83.0 Å².